The topological polar surface area (TPSA) is 15.3 Å². The summed E-state index contributed by atoms with van der Waals surface area (Å²) in [5, 5.41) is 3.60. The van der Waals surface area contributed by atoms with Crippen LogP contribution in [-0.4, -0.2) is 37.6 Å². The normalized spacial score (nSPS) is 33.9. The van der Waals surface area contributed by atoms with Crippen molar-refractivity contribution >= 4 is 0 Å². The Labute approximate surface area is 126 Å². The minimum Gasteiger partial charge on any atom is -0.317 e. The third kappa shape index (κ3) is 4.73. The van der Waals surface area contributed by atoms with Gasteiger partial charge in [-0.3, -0.25) is 0 Å². The van der Waals surface area contributed by atoms with Gasteiger partial charge in [-0.15, -0.1) is 0 Å². The molecule has 2 aliphatic rings. The first-order valence-electron chi connectivity index (χ1n) is 9.10. The fourth-order valence-electron chi connectivity index (χ4n) is 4.35. The summed E-state index contributed by atoms with van der Waals surface area (Å²) >= 11 is 0. The van der Waals surface area contributed by atoms with Gasteiger partial charge in [-0.1, -0.05) is 33.1 Å². The summed E-state index contributed by atoms with van der Waals surface area (Å²) in [4.78, 5) is 2.78. The number of hydrogen-bond acceptors (Lipinski definition) is 2. The maximum absolute atomic E-state index is 3.60. The van der Waals surface area contributed by atoms with Gasteiger partial charge >= 0.3 is 0 Å². The molecule has 0 amide bonds. The van der Waals surface area contributed by atoms with Crippen LogP contribution in [0.25, 0.3) is 0 Å². The Kier molecular flexibility index (Phi) is 6.83. The third-order valence-electron chi connectivity index (χ3n) is 5.83. The van der Waals surface area contributed by atoms with Crippen molar-refractivity contribution in [1.29, 1.82) is 0 Å². The summed E-state index contributed by atoms with van der Waals surface area (Å²) in [7, 11) is 2.17. The Hall–Kier alpha value is -0.0800. The predicted molar refractivity (Wildman–Crippen MR) is 88.0 cm³/mol. The van der Waals surface area contributed by atoms with Crippen molar-refractivity contribution in [3.05, 3.63) is 0 Å². The van der Waals surface area contributed by atoms with E-state index in [9.17, 15) is 0 Å². The summed E-state index contributed by atoms with van der Waals surface area (Å²) in [5.74, 6) is 2.73. The molecule has 3 unspecified atom stereocenters. The van der Waals surface area contributed by atoms with E-state index in [0.29, 0.717) is 0 Å². The van der Waals surface area contributed by atoms with E-state index in [-0.39, 0.29) is 0 Å². The molecule has 1 aliphatic heterocycles. The van der Waals surface area contributed by atoms with Gasteiger partial charge in [0.25, 0.3) is 0 Å². The van der Waals surface area contributed by atoms with Crippen LogP contribution in [0.4, 0.5) is 0 Å². The highest BCUT2D eigenvalue weighted by Gasteiger charge is 2.26. The molecule has 0 aromatic carbocycles. The van der Waals surface area contributed by atoms with Gasteiger partial charge in [0.15, 0.2) is 0 Å². The molecule has 2 nitrogen and oxygen atoms in total. The minimum absolute atomic E-state index is 0.765. The Bertz CT molecular complexity index is 264. The van der Waals surface area contributed by atoms with E-state index < -0.39 is 0 Å². The fourth-order valence-corrected chi connectivity index (χ4v) is 4.35. The molecule has 3 atom stereocenters. The second-order valence-electron chi connectivity index (χ2n) is 7.53. The van der Waals surface area contributed by atoms with E-state index in [1.807, 2.05) is 0 Å². The van der Waals surface area contributed by atoms with Crippen LogP contribution >= 0.6 is 0 Å². The van der Waals surface area contributed by atoms with Crippen LogP contribution in [0.2, 0.25) is 0 Å². The van der Waals surface area contributed by atoms with Gasteiger partial charge in [0, 0.05) is 12.6 Å². The first-order chi connectivity index (χ1) is 9.70. The van der Waals surface area contributed by atoms with Crippen LogP contribution in [0.3, 0.4) is 0 Å². The molecule has 118 valence electrons. The molecule has 1 aliphatic carbocycles. The monoisotopic (exact) mass is 280 g/mol. The summed E-state index contributed by atoms with van der Waals surface area (Å²) in [6.45, 7) is 8.84. The molecule has 0 radical (unpaired) electrons. The standard InChI is InChI=1S/C18H36N2/c1-15(2)16-9-7-12-20(13-11-16)14-17-8-5-4-6-10-18(17)19-3/h15-19H,4-14H2,1-3H3. The van der Waals surface area contributed by atoms with E-state index in [1.165, 1.54) is 71.0 Å². The Balaban J connectivity index is 1.84. The smallest absolute Gasteiger partial charge is 0.0104 e. The molecule has 20 heavy (non-hydrogen) atoms. The van der Waals surface area contributed by atoms with Crippen molar-refractivity contribution in [3.63, 3.8) is 0 Å². The first kappa shape index (κ1) is 16.3. The second-order valence-corrected chi connectivity index (χ2v) is 7.53. The van der Waals surface area contributed by atoms with Crippen molar-refractivity contribution in [2.24, 2.45) is 17.8 Å². The molecule has 0 spiro atoms. The predicted octanol–water partition coefficient (Wildman–Crippen LogP) is 3.91. The lowest BCUT2D eigenvalue weighted by atomic mass is 9.89. The van der Waals surface area contributed by atoms with E-state index >= 15 is 0 Å². The molecule has 2 fully saturated rings. The number of rotatable bonds is 4. The van der Waals surface area contributed by atoms with Gasteiger partial charge in [-0.2, -0.15) is 0 Å². The molecule has 1 N–H and O–H groups in total. The zero-order valence-electron chi connectivity index (χ0n) is 14.0. The summed E-state index contributed by atoms with van der Waals surface area (Å²) in [6, 6.07) is 0.765. The average molecular weight is 281 g/mol. The average Bonchev–Trinajstić information content (AvgIpc) is 2.79. The lowest BCUT2D eigenvalue weighted by Gasteiger charge is -2.31. The van der Waals surface area contributed by atoms with Gasteiger partial charge in [0.1, 0.15) is 0 Å². The number of nitrogens with one attached hydrogen (secondary N) is 1. The van der Waals surface area contributed by atoms with Crippen molar-refractivity contribution in [2.45, 2.75) is 71.3 Å². The molecule has 0 bridgehead atoms. The van der Waals surface area contributed by atoms with Crippen LogP contribution in [-0.2, 0) is 0 Å². The van der Waals surface area contributed by atoms with Crippen LogP contribution < -0.4 is 5.32 Å². The van der Waals surface area contributed by atoms with Gasteiger partial charge in [0.05, 0.1) is 0 Å². The van der Waals surface area contributed by atoms with E-state index in [1.54, 1.807) is 0 Å². The maximum Gasteiger partial charge on any atom is 0.0104 e. The Morgan fingerprint density at radius 1 is 0.950 bits per heavy atom. The van der Waals surface area contributed by atoms with Gasteiger partial charge in [0.2, 0.25) is 0 Å². The molecule has 1 saturated carbocycles. The van der Waals surface area contributed by atoms with Crippen LogP contribution in [0.5, 0.6) is 0 Å². The first-order valence-corrected chi connectivity index (χ1v) is 9.10. The van der Waals surface area contributed by atoms with Crippen molar-refractivity contribution in [2.75, 3.05) is 26.7 Å². The van der Waals surface area contributed by atoms with Crippen LogP contribution in [0.15, 0.2) is 0 Å². The van der Waals surface area contributed by atoms with Gasteiger partial charge in [-0.05, 0) is 70.0 Å². The van der Waals surface area contributed by atoms with Gasteiger partial charge < -0.3 is 10.2 Å². The molecule has 0 aromatic heterocycles. The Morgan fingerprint density at radius 2 is 1.75 bits per heavy atom. The molecule has 2 rings (SSSR count). The highest BCUT2D eigenvalue weighted by atomic mass is 15.1. The fraction of sp³-hybridized carbons (Fsp3) is 1.00. The zero-order valence-corrected chi connectivity index (χ0v) is 14.0. The molecular weight excluding hydrogens is 244 g/mol. The molecular formula is C18H36N2. The number of nitrogens with zero attached hydrogens (tertiary/aromatic N) is 1. The van der Waals surface area contributed by atoms with E-state index in [0.717, 1.165) is 23.8 Å². The quantitative estimate of drug-likeness (QED) is 0.785. The van der Waals surface area contributed by atoms with Crippen molar-refractivity contribution < 1.29 is 0 Å². The highest BCUT2D eigenvalue weighted by Crippen LogP contribution is 2.28. The maximum atomic E-state index is 3.60. The molecule has 0 aromatic rings. The molecule has 1 heterocycles. The second kappa shape index (κ2) is 8.38. The summed E-state index contributed by atoms with van der Waals surface area (Å²) in [5.41, 5.74) is 0. The highest BCUT2D eigenvalue weighted by molar-refractivity contribution is 4.82. The lowest BCUT2D eigenvalue weighted by molar-refractivity contribution is 0.198. The number of likely N-dealkylation sites (tertiary alicyclic amines) is 1. The van der Waals surface area contributed by atoms with Crippen LogP contribution in [0.1, 0.15) is 65.2 Å². The lowest BCUT2D eigenvalue weighted by Crippen LogP contribution is -2.41. The molecule has 2 heteroatoms. The Morgan fingerprint density at radius 3 is 2.50 bits per heavy atom. The summed E-state index contributed by atoms with van der Waals surface area (Å²) in [6.07, 6.45) is 11.5. The van der Waals surface area contributed by atoms with Crippen LogP contribution in [0, 0.1) is 17.8 Å². The summed E-state index contributed by atoms with van der Waals surface area (Å²) < 4.78 is 0. The van der Waals surface area contributed by atoms with E-state index in [2.05, 4.69) is 31.1 Å². The number of hydrogen-bond donors (Lipinski definition) is 1. The zero-order chi connectivity index (χ0) is 14.4. The third-order valence-corrected chi connectivity index (χ3v) is 5.83. The van der Waals surface area contributed by atoms with Gasteiger partial charge in [-0.25, -0.2) is 0 Å². The van der Waals surface area contributed by atoms with Crippen molar-refractivity contribution in [3.8, 4) is 0 Å². The minimum atomic E-state index is 0.765. The largest absolute Gasteiger partial charge is 0.317 e. The molecule has 1 saturated heterocycles. The SMILES string of the molecule is CNC1CCCCCC1CN1CCCC(C(C)C)CC1. The van der Waals surface area contributed by atoms with E-state index in [4.69, 9.17) is 0 Å². The van der Waals surface area contributed by atoms with Crippen molar-refractivity contribution in [1.82, 2.24) is 10.2 Å².